The maximum Gasteiger partial charge on any atom is 0.119 e. The van der Waals surface area contributed by atoms with Gasteiger partial charge in [-0.05, 0) is 56.3 Å². The molecule has 0 radical (unpaired) electrons. The van der Waals surface area contributed by atoms with Gasteiger partial charge in [0.15, 0.2) is 0 Å². The van der Waals surface area contributed by atoms with E-state index in [0.29, 0.717) is 12.1 Å². The summed E-state index contributed by atoms with van der Waals surface area (Å²) in [7, 11) is 2.04. The van der Waals surface area contributed by atoms with E-state index in [1.165, 1.54) is 31.2 Å². The van der Waals surface area contributed by atoms with E-state index in [9.17, 15) is 0 Å². The van der Waals surface area contributed by atoms with Crippen LogP contribution in [-0.2, 0) is 0 Å². The average molecular weight is 247 g/mol. The van der Waals surface area contributed by atoms with Crippen LogP contribution in [0.3, 0.4) is 0 Å². The zero-order valence-electron chi connectivity index (χ0n) is 11.8. The van der Waals surface area contributed by atoms with Crippen molar-refractivity contribution in [2.45, 2.75) is 51.7 Å². The molecule has 0 bridgehead atoms. The van der Waals surface area contributed by atoms with E-state index in [1.807, 2.05) is 7.05 Å². The molecule has 0 aliphatic heterocycles. The average Bonchev–Trinajstić information content (AvgIpc) is 3.15. The van der Waals surface area contributed by atoms with E-state index in [0.717, 1.165) is 11.7 Å². The molecule has 1 N–H and O–H groups in total. The summed E-state index contributed by atoms with van der Waals surface area (Å²) in [4.78, 5) is 0. The molecule has 0 spiro atoms. The van der Waals surface area contributed by atoms with Gasteiger partial charge in [-0.15, -0.1) is 0 Å². The molecule has 0 amide bonds. The van der Waals surface area contributed by atoms with Gasteiger partial charge in [-0.2, -0.15) is 0 Å². The lowest BCUT2D eigenvalue weighted by Crippen LogP contribution is -2.16. The molecule has 1 aliphatic rings. The topological polar surface area (TPSA) is 21.3 Å². The van der Waals surface area contributed by atoms with Crippen LogP contribution < -0.4 is 10.1 Å². The zero-order chi connectivity index (χ0) is 13.0. The van der Waals surface area contributed by atoms with Crippen molar-refractivity contribution >= 4 is 0 Å². The monoisotopic (exact) mass is 247 g/mol. The highest BCUT2D eigenvalue weighted by Crippen LogP contribution is 2.28. The molecule has 1 aromatic carbocycles. The lowest BCUT2D eigenvalue weighted by Gasteiger charge is -2.18. The SMILES string of the molecule is CNC(CCC(C)C)c1ccc(OC2CC2)cc1. The third-order valence-corrected chi connectivity index (χ3v) is 3.49. The molecule has 0 heterocycles. The van der Waals surface area contributed by atoms with Crippen LogP contribution in [0.15, 0.2) is 24.3 Å². The Morgan fingerprint density at radius 2 is 1.83 bits per heavy atom. The van der Waals surface area contributed by atoms with E-state index >= 15 is 0 Å². The van der Waals surface area contributed by atoms with Crippen LogP contribution in [0, 0.1) is 5.92 Å². The Morgan fingerprint density at radius 1 is 1.17 bits per heavy atom. The highest BCUT2D eigenvalue weighted by atomic mass is 16.5. The number of rotatable bonds is 7. The molecule has 1 aliphatic carbocycles. The standard InChI is InChI=1S/C16H25NO/c1-12(2)4-11-16(17-3)13-5-7-14(8-6-13)18-15-9-10-15/h5-8,12,15-17H,4,9-11H2,1-3H3. The van der Waals surface area contributed by atoms with Crippen LogP contribution in [0.4, 0.5) is 0 Å². The number of hydrogen-bond donors (Lipinski definition) is 1. The van der Waals surface area contributed by atoms with Crippen molar-refractivity contribution in [3.63, 3.8) is 0 Å². The highest BCUT2D eigenvalue weighted by molar-refractivity contribution is 5.29. The van der Waals surface area contributed by atoms with E-state index in [1.54, 1.807) is 0 Å². The second-order valence-electron chi connectivity index (χ2n) is 5.70. The molecule has 1 saturated carbocycles. The summed E-state index contributed by atoms with van der Waals surface area (Å²) in [6.45, 7) is 4.55. The summed E-state index contributed by atoms with van der Waals surface area (Å²) in [5.41, 5.74) is 1.36. The fourth-order valence-corrected chi connectivity index (χ4v) is 2.13. The highest BCUT2D eigenvalue weighted by Gasteiger charge is 2.23. The van der Waals surface area contributed by atoms with E-state index in [4.69, 9.17) is 4.74 Å². The summed E-state index contributed by atoms with van der Waals surface area (Å²) in [5, 5.41) is 3.41. The lowest BCUT2D eigenvalue weighted by atomic mass is 9.98. The van der Waals surface area contributed by atoms with Gasteiger partial charge in [0.2, 0.25) is 0 Å². The summed E-state index contributed by atoms with van der Waals surface area (Å²) in [5.74, 6) is 1.78. The van der Waals surface area contributed by atoms with Crippen molar-refractivity contribution < 1.29 is 4.74 Å². The number of nitrogens with one attached hydrogen (secondary N) is 1. The quantitative estimate of drug-likeness (QED) is 0.788. The van der Waals surface area contributed by atoms with Gasteiger partial charge in [-0.25, -0.2) is 0 Å². The second kappa shape index (κ2) is 6.24. The molecular weight excluding hydrogens is 222 g/mol. The van der Waals surface area contributed by atoms with Gasteiger partial charge in [0.1, 0.15) is 5.75 Å². The van der Waals surface area contributed by atoms with Gasteiger partial charge in [0, 0.05) is 6.04 Å². The molecule has 18 heavy (non-hydrogen) atoms. The maximum absolute atomic E-state index is 5.77. The molecule has 1 unspecified atom stereocenters. The summed E-state index contributed by atoms with van der Waals surface area (Å²) in [6.07, 6.45) is 5.37. The molecule has 1 fully saturated rings. The fourth-order valence-electron chi connectivity index (χ4n) is 2.13. The normalized spacial score (nSPS) is 16.9. The molecule has 0 aromatic heterocycles. The number of hydrogen-bond acceptors (Lipinski definition) is 2. The van der Waals surface area contributed by atoms with Crippen LogP contribution in [0.2, 0.25) is 0 Å². The van der Waals surface area contributed by atoms with Gasteiger partial charge < -0.3 is 10.1 Å². The summed E-state index contributed by atoms with van der Waals surface area (Å²) in [6, 6.07) is 9.06. The first-order valence-corrected chi connectivity index (χ1v) is 7.13. The molecule has 1 atom stereocenters. The third-order valence-electron chi connectivity index (χ3n) is 3.49. The molecular formula is C16H25NO. The first-order valence-electron chi connectivity index (χ1n) is 7.13. The van der Waals surface area contributed by atoms with Crippen LogP contribution in [0.5, 0.6) is 5.75 Å². The predicted octanol–water partition coefficient (Wildman–Crippen LogP) is 3.92. The predicted molar refractivity (Wildman–Crippen MR) is 76.0 cm³/mol. The minimum atomic E-state index is 0.461. The molecule has 1 aromatic rings. The van der Waals surface area contributed by atoms with Crippen LogP contribution in [0.1, 0.15) is 51.1 Å². The number of benzene rings is 1. The Balaban J connectivity index is 1.92. The van der Waals surface area contributed by atoms with Gasteiger partial charge in [0.25, 0.3) is 0 Å². The summed E-state index contributed by atoms with van der Waals surface area (Å²) < 4.78 is 5.77. The van der Waals surface area contributed by atoms with E-state index < -0.39 is 0 Å². The van der Waals surface area contributed by atoms with Crippen LogP contribution >= 0.6 is 0 Å². The lowest BCUT2D eigenvalue weighted by molar-refractivity contribution is 0.303. The largest absolute Gasteiger partial charge is 0.490 e. The van der Waals surface area contributed by atoms with Crippen molar-refractivity contribution in [1.29, 1.82) is 0 Å². The third kappa shape index (κ3) is 4.02. The Morgan fingerprint density at radius 3 is 2.33 bits per heavy atom. The molecule has 0 saturated heterocycles. The first-order chi connectivity index (χ1) is 8.69. The molecule has 100 valence electrons. The van der Waals surface area contributed by atoms with Crippen molar-refractivity contribution in [1.82, 2.24) is 5.32 Å². The number of ether oxygens (including phenoxy) is 1. The van der Waals surface area contributed by atoms with Crippen molar-refractivity contribution in [2.75, 3.05) is 7.05 Å². The fraction of sp³-hybridized carbons (Fsp3) is 0.625. The van der Waals surface area contributed by atoms with Gasteiger partial charge in [-0.1, -0.05) is 26.0 Å². The zero-order valence-corrected chi connectivity index (χ0v) is 11.8. The van der Waals surface area contributed by atoms with Gasteiger partial charge in [0.05, 0.1) is 6.10 Å². The first kappa shape index (κ1) is 13.4. The van der Waals surface area contributed by atoms with Crippen LogP contribution in [0.25, 0.3) is 0 Å². The Bertz CT molecular complexity index is 354. The molecule has 2 nitrogen and oxygen atoms in total. The molecule has 2 heteroatoms. The maximum atomic E-state index is 5.77. The van der Waals surface area contributed by atoms with Crippen LogP contribution in [-0.4, -0.2) is 13.2 Å². The van der Waals surface area contributed by atoms with Gasteiger partial charge in [-0.3, -0.25) is 0 Å². The molecule has 2 rings (SSSR count). The minimum absolute atomic E-state index is 0.461. The van der Waals surface area contributed by atoms with Crippen molar-refractivity contribution in [2.24, 2.45) is 5.92 Å². The Labute approximate surface area is 111 Å². The minimum Gasteiger partial charge on any atom is -0.490 e. The van der Waals surface area contributed by atoms with Crippen molar-refractivity contribution in [3.05, 3.63) is 29.8 Å². The van der Waals surface area contributed by atoms with Crippen molar-refractivity contribution in [3.8, 4) is 5.75 Å². The second-order valence-corrected chi connectivity index (χ2v) is 5.70. The smallest absolute Gasteiger partial charge is 0.119 e. The Kier molecular flexibility index (Phi) is 4.65. The summed E-state index contributed by atoms with van der Waals surface area (Å²) >= 11 is 0. The van der Waals surface area contributed by atoms with E-state index in [-0.39, 0.29) is 0 Å². The Hall–Kier alpha value is -1.02. The van der Waals surface area contributed by atoms with Gasteiger partial charge >= 0.3 is 0 Å². The van der Waals surface area contributed by atoms with E-state index in [2.05, 4.69) is 43.4 Å².